The van der Waals surface area contributed by atoms with E-state index in [1.165, 1.54) is 6.07 Å². The van der Waals surface area contributed by atoms with Crippen molar-refractivity contribution >= 4 is 5.69 Å². The lowest BCUT2D eigenvalue weighted by molar-refractivity contribution is 0.244. The molecule has 3 nitrogen and oxygen atoms in total. The molecule has 4 heteroatoms. The standard InChI is InChI=1S/C14H22FN3/c1-11-8-17(2)14(7-16)10-18(9-11)13-5-3-4-12(15)6-13/h3-6,11,14H,7-10,16H2,1-2H3. The van der Waals surface area contributed by atoms with Gasteiger partial charge in [-0.25, -0.2) is 4.39 Å². The number of halogens is 1. The predicted octanol–water partition coefficient (Wildman–Crippen LogP) is 1.54. The van der Waals surface area contributed by atoms with Gasteiger partial charge >= 0.3 is 0 Å². The highest BCUT2D eigenvalue weighted by Crippen LogP contribution is 2.21. The van der Waals surface area contributed by atoms with Crippen LogP contribution in [0.2, 0.25) is 0 Å². The third-order valence-corrected chi connectivity index (χ3v) is 3.63. The predicted molar refractivity (Wildman–Crippen MR) is 73.2 cm³/mol. The highest BCUT2D eigenvalue weighted by Gasteiger charge is 2.25. The first-order valence-corrected chi connectivity index (χ1v) is 6.51. The molecule has 1 aliphatic rings. The number of nitrogens with zero attached hydrogens (tertiary/aromatic N) is 2. The van der Waals surface area contributed by atoms with Gasteiger partial charge in [-0.15, -0.1) is 0 Å². The summed E-state index contributed by atoms with van der Waals surface area (Å²) in [6.45, 7) is 5.70. The second-order valence-corrected chi connectivity index (χ2v) is 5.32. The Morgan fingerprint density at radius 3 is 2.78 bits per heavy atom. The van der Waals surface area contributed by atoms with E-state index in [4.69, 9.17) is 5.73 Å². The SMILES string of the molecule is CC1CN(c2cccc(F)c2)CC(CN)N(C)C1. The molecule has 0 saturated carbocycles. The summed E-state index contributed by atoms with van der Waals surface area (Å²) in [5.74, 6) is 0.372. The summed E-state index contributed by atoms with van der Waals surface area (Å²) in [4.78, 5) is 4.55. The average Bonchev–Trinajstić information content (AvgIpc) is 2.47. The summed E-state index contributed by atoms with van der Waals surface area (Å²) in [5.41, 5.74) is 6.79. The molecule has 2 unspecified atom stereocenters. The maximum atomic E-state index is 13.3. The number of hydrogen-bond acceptors (Lipinski definition) is 3. The highest BCUT2D eigenvalue weighted by atomic mass is 19.1. The van der Waals surface area contributed by atoms with Crippen molar-refractivity contribution in [1.29, 1.82) is 0 Å². The van der Waals surface area contributed by atoms with Crippen molar-refractivity contribution in [3.8, 4) is 0 Å². The van der Waals surface area contributed by atoms with E-state index in [1.54, 1.807) is 12.1 Å². The van der Waals surface area contributed by atoms with E-state index < -0.39 is 0 Å². The lowest BCUT2D eigenvalue weighted by atomic mass is 10.1. The molecular weight excluding hydrogens is 229 g/mol. The molecule has 0 aliphatic carbocycles. The van der Waals surface area contributed by atoms with Crippen molar-refractivity contribution in [1.82, 2.24) is 4.90 Å². The number of likely N-dealkylation sites (N-methyl/N-ethyl adjacent to an activating group) is 1. The molecule has 0 bridgehead atoms. The molecular formula is C14H22FN3. The molecule has 0 aromatic heterocycles. The normalized spacial score (nSPS) is 26.1. The number of nitrogens with two attached hydrogens (primary N) is 1. The quantitative estimate of drug-likeness (QED) is 0.865. The molecule has 1 heterocycles. The van der Waals surface area contributed by atoms with Crippen LogP contribution in [-0.4, -0.2) is 44.2 Å². The zero-order chi connectivity index (χ0) is 13.1. The first kappa shape index (κ1) is 13.3. The van der Waals surface area contributed by atoms with Gasteiger partial charge in [-0.2, -0.15) is 0 Å². The number of rotatable bonds is 2. The van der Waals surface area contributed by atoms with Crippen LogP contribution in [0.3, 0.4) is 0 Å². The zero-order valence-electron chi connectivity index (χ0n) is 11.1. The number of benzene rings is 1. The first-order chi connectivity index (χ1) is 8.60. The summed E-state index contributed by atoms with van der Waals surface area (Å²) < 4.78 is 13.3. The van der Waals surface area contributed by atoms with Crippen molar-refractivity contribution in [2.75, 3.05) is 38.1 Å². The van der Waals surface area contributed by atoms with Gasteiger partial charge in [-0.3, -0.25) is 0 Å². The summed E-state index contributed by atoms with van der Waals surface area (Å²) in [7, 11) is 2.11. The molecule has 1 aromatic rings. The van der Waals surface area contributed by atoms with Gasteiger partial charge in [0.05, 0.1) is 0 Å². The fourth-order valence-corrected chi connectivity index (χ4v) is 2.68. The highest BCUT2D eigenvalue weighted by molar-refractivity contribution is 5.47. The van der Waals surface area contributed by atoms with Crippen LogP contribution in [0.25, 0.3) is 0 Å². The molecule has 0 spiro atoms. The first-order valence-electron chi connectivity index (χ1n) is 6.51. The Hall–Kier alpha value is -1.13. The van der Waals surface area contributed by atoms with Crippen LogP contribution in [0.1, 0.15) is 6.92 Å². The van der Waals surface area contributed by atoms with E-state index in [0.717, 1.165) is 25.3 Å². The number of hydrogen-bond donors (Lipinski definition) is 1. The Kier molecular flexibility index (Phi) is 4.19. The summed E-state index contributed by atoms with van der Waals surface area (Å²) >= 11 is 0. The molecule has 2 N–H and O–H groups in total. The van der Waals surface area contributed by atoms with Crippen molar-refractivity contribution in [3.05, 3.63) is 30.1 Å². The van der Waals surface area contributed by atoms with E-state index in [2.05, 4.69) is 23.8 Å². The largest absolute Gasteiger partial charge is 0.370 e. The lowest BCUT2D eigenvalue weighted by Gasteiger charge is -2.29. The molecule has 1 fully saturated rings. The van der Waals surface area contributed by atoms with Crippen LogP contribution >= 0.6 is 0 Å². The van der Waals surface area contributed by atoms with Crippen LogP contribution < -0.4 is 10.6 Å². The van der Waals surface area contributed by atoms with Gasteiger partial charge in [-0.1, -0.05) is 13.0 Å². The molecule has 100 valence electrons. The molecule has 0 amide bonds. The van der Waals surface area contributed by atoms with Crippen LogP contribution in [0.4, 0.5) is 10.1 Å². The molecule has 2 rings (SSSR count). The minimum atomic E-state index is -0.179. The zero-order valence-corrected chi connectivity index (χ0v) is 11.1. The Morgan fingerprint density at radius 1 is 1.33 bits per heavy atom. The van der Waals surface area contributed by atoms with Crippen molar-refractivity contribution in [2.24, 2.45) is 11.7 Å². The fraction of sp³-hybridized carbons (Fsp3) is 0.571. The maximum absolute atomic E-state index is 13.3. The Bertz CT molecular complexity index is 396. The van der Waals surface area contributed by atoms with Crippen molar-refractivity contribution in [2.45, 2.75) is 13.0 Å². The van der Waals surface area contributed by atoms with Crippen LogP contribution in [0.15, 0.2) is 24.3 Å². The Labute approximate surface area is 108 Å². The minimum Gasteiger partial charge on any atom is -0.370 e. The third-order valence-electron chi connectivity index (χ3n) is 3.63. The molecule has 1 aromatic carbocycles. The van der Waals surface area contributed by atoms with Crippen molar-refractivity contribution in [3.63, 3.8) is 0 Å². The van der Waals surface area contributed by atoms with Crippen LogP contribution in [0, 0.1) is 11.7 Å². The van der Waals surface area contributed by atoms with E-state index in [1.807, 2.05) is 6.07 Å². The molecule has 2 atom stereocenters. The van der Waals surface area contributed by atoms with Crippen molar-refractivity contribution < 1.29 is 4.39 Å². The molecule has 1 saturated heterocycles. The smallest absolute Gasteiger partial charge is 0.125 e. The monoisotopic (exact) mass is 251 g/mol. The second-order valence-electron chi connectivity index (χ2n) is 5.32. The summed E-state index contributed by atoms with van der Waals surface area (Å²) in [6, 6.07) is 7.15. The second kappa shape index (κ2) is 5.67. The van der Waals surface area contributed by atoms with E-state index >= 15 is 0 Å². The van der Waals surface area contributed by atoms with Gasteiger partial charge in [0.25, 0.3) is 0 Å². The fourth-order valence-electron chi connectivity index (χ4n) is 2.68. The van der Waals surface area contributed by atoms with Gasteiger partial charge in [0.2, 0.25) is 0 Å². The average molecular weight is 251 g/mol. The van der Waals surface area contributed by atoms with E-state index in [-0.39, 0.29) is 5.82 Å². The van der Waals surface area contributed by atoms with E-state index in [0.29, 0.717) is 18.5 Å². The molecule has 1 aliphatic heterocycles. The van der Waals surface area contributed by atoms with E-state index in [9.17, 15) is 4.39 Å². The maximum Gasteiger partial charge on any atom is 0.125 e. The Morgan fingerprint density at radius 2 is 2.11 bits per heavy atom. The topological polar surface area (TPSA) is 32.5 Å². The molecule has 0 radical (unpaired) electrons. The van der Waals surface area contributed by atoms with Gasteiger partial charge in [0, 0.05) is 37.9 Å². The van der Waals surface area contributed by atoms with Gasteiger partial charge in [0.15, 0.2) is 0 Å². The number of anilines is 1. The van der Waals surface area contributed by atoms with Gasteiger partial charge in [0.1, 0.15) is 5.82 Å². The summed E-state index contributed by atoms with van der Waals surface area (Å²) in [5, 5.41) is 0. The van der Waals surface area contributed by atoms with Gasteiger partial charge < -0.3 is 15.5 Å². The van der Waals surface area contributed by atoms with Crippen LogP contribution in [0.5, 0.6) is 0 Å². The van der Waals surface area contributed by atoms with Crippen LogP contribution in [-0.2, 0) is 0 Å². The summed E-state index contributed by atoms with van der Waals surface area (Å²) in [6.07, 6.45) is 0. The third kappa shape index (κ3) is 3.00. The Balaban J connectivity index is 2.21. The minimum absolute atomic E-state index is 0.179. The van der Waals surface area contributed by atoms with Gasteiger partial charge in [-0.05, 0) is 31.2 Å². The molecule has 18 heavy (non-hydrogen) atoms. The lowest BCUT2D eigenvalue weighted by Crippen LogP contribution is -2.44.